The molecule has 0 unspecified atom stereocenters. The van der Waals surface area contributed by atoms with Gasteiger partial charge in [0.05, 0.1) is 19.6 Å². The normalized spacial score (nSPS) is 17.7. The maximum atomic E-state index is 13.7. The van der Waals surface area contributed by atoms with Crippen LogP contribution in [0.25, 0.3) is 0 Å². The summed E-state index contributed by atoms with van der Waals surface area (Å²) in [5.74, 6) is 0.649. The molecule has 6 heteroatoms. The Balaban J connectivity index is 1.34. The summed E-state index contributed by atoms with van der Waals surface area (Å²) >= 11 is 0. The molecule has 0 aromatic heterocycles. The molecule has 0 bridgehead atoms. The van der Waals surface area contributed by atoms with E-state index < -0.39 is 5.97 Å². The quantitative estimate of drug-likeness (QED) is 0.770. The molecule has 2 aromatic carbocycles. The smallest absolute Gasteiger partial charge is 0.304 e. The number of rotatable bonds is 7. The number of hydrogen-bond donors (Lipinski definition) is 1. The maximum Gasteiger partial charge on any atom is 0.304 e. The molecule has 4 rings (SSSR count). The number of ether oxygens (including phenoxy) is 2. The molecule has 2 aromatic rings. The second-order valence-corrected chi connectivity index (χ2v) is 7.90. The van der Waals surface area contributed by atoms with Gasteiger partial charge in [-0.2, -0.15) is 0 Å². The van der Waals surface area contributed by atoms with E-state index in [1.54, 1.807) is 12.1 Å². The number of piperidine rings is 1. The van der Waals surface area contributed by atoms with Crippen molar-refractivity contribution in [2.75, 3.05) is 32.8 Å². The fraction of sp³-hybridized carbons (Fsp3) is 0.435. The standard InChI is InChI=1S/C23H26FNO4/c24-20-4-2-1-3-17(20)8-14-28-18-5-6-19-21(15-18)29-16-23(19)9-12-25(13-10-23)11-7-22(26)27/h1-6,15H,7-14,16H2,(H,26,27). The second-order valence-electron chi connectivity index (χ2n) is 7.90. The van der Waals surface area contributed by atoms with Gasteiger partial charge < -0.3 is 19.5 Å². The molecular weight excluding hydrogens is 373 g/mol. The van der Waals surface area contributed by atoms with Gasteiger partial charge in [-0.25, -0.2) is 4.39 Å². The van der Waals surface area contributed by atoms with Crippen molar-refractivity contribution in [3.63, 3.8) is 0 Å². The van der Waals surface area contributed by atoms with Crippen molar-refractivity contribution in [2.45, 2.75) is 31.1 Å². The first-order chi connectivity index (χ1) is 14.1. The van der Waals surface area contributed by atoms with Crippen molar-refractivity contribution < 1.29 is 23.8 Å². The van der Waals surface area contributed by atoms with Crippen molar-refractivity contribution in [3.8, 4) is 11.5 Å². The van der Waals surface area contributed by atoms with Gasteiger partial charge in [0.15, 0.2) is 0 Å². The van der Waals surface area contributed by atoms with Crippen LogP contribution in [0, 0.1) is 5.82 Å². The molecule has 0 atom stereocenters. The minimum atomic E-state index is -0.748. The lowest BCUT2D eigenvalue weighted by molar-refractivity contribution is -0.137. The highest BCUT2D eigenvalue weighted by Gasteiger charge is 2.43. The molecule has 1 saturated heterocycles. The number of nitrogens with zero attached hydrogens (tertiary/aromatic N) is 1. The zero-order chi connectivity index (χ0) is 20.3. The van der Waals surface area contributed by atoms with Gasteiger partial charge in [-0.1, -0.05) is 24.3 Å². The minimum Gasteiger partial charge on any atom is -0.493 e. The molecule has 154 valence electrons. The van der Waals surface area contributed by atoms with Gasteiger partial charge in [0.25, 0.3) is 0 Å². The number of carboxylic acids is 1. The van der Waals surface area contributed by atoms with Crippen molar-refractivity contribution in [3.05, 3.63) is 59.4 Å². The Morgan fingerprint density at radius 3 is 2.76 bits per heavy atom. The maximum absolute atomic E-state index is 13.7. The SMILES string of the molecule is O=C(O)CCN1CCC2(CC1)COc1cc(OCCc3ccccc3F)ccc12. The summed E-state index contributed by atoms with van der Waals surface area (Å²) in [5.41, 5.74) is 1.89. The van der Waals surface area contributed by atoms with E-state index in [4.69, 9.17) is 14.6 Å². The van der Waals surface area contributed by atoms with E-state index in [1.165, 1.54) is 11.6 Å². The van der Waals surface area contributed by atoms with Crippen LogP contribution in [0.15, 0.2) is 42.5 Å². The zero-order valence-electron chi connectivity index (χ0n) is 16.4. The Labute approximate surface area is 170 Å². The number of hydrogen-bond acceptors (Lipinski definition) is 4. The average molecular weight is 399 g/mol. The average Bonchev–Trinajstić information content (AvgIpc) is 3.07. The lowest BCUT2D eigenvalue weighted by Crippen LogP contribution is -2.44. The molecule has 1 fully saturated rings. The monoisotopic (exact) mass is 399 g/mol. The third kappa shape index (κ3) is 4.37. The predicted octanol–water partition coefficient (Wildman–Crippen LogP) is 3.65. The second kappa shape index (κ2) is 8.41. The van der Waals surface area contributed by atoms with Gasteiger partial charge in [-0.3, -0.25) is 4.79 Å². The van der Waals surface area contributed by atoms with E-state index in [1.807, 2.05) is 18.2 Å². The summed E-state index contributed by atoms with van der Waals surface area (Å²) in [6.07, 6.45) is 2.63. The first-order valence-corrected chi connectivity index (χ1v) is 10.1. The number of fused-ring (bicyclic) bond motifs is 2. The van der Waals surface area contributed by atoms with E-state index in [-0.39, 0.29) is 17.7 Å². The first kappa shape index (κ1) is 19.7. The molecule has 29 heavy (non-hydrogen) atoms. The molecule has 1 N–H and O–H groups in total. The van der Waals surface area contributed by atoms with Gasteiger partial charge in [-0.15, -0.1) is 0 Å². The van der Waals surface area contributed by atoms with Crippen LogP contribution >= 0.6 is 0 Å². The third-order valence-corrected chi connectivity index (χ3v) is 6.08. The summed E-state index contributed by atoms with van der Waals surface area (Å²) < 4.78 is 25.5. The van der Waals surface area contributed by atoms with Crippen LogP contribution in [0.2, 0.25) is 0 Å². The molecule has 0 aliphatic carbocycles. The molecule has 0 amide bonds. The third-order valence-electron chi connectivity index (χ3n) is 6.08. The van der Waals surface area contributed by atoms with Gasteiger partial charge in [0.2, 0.25) is 0 Å². The van der Waals surface area contributed by atoms with Crippen LogP contribution in [0.4, 0.5) is 4.39 Å². The molecular formula is C23H26FNO4. The van der Waals surface area contributed by atoms with Crippen LogP contribution in [-0.4, -0.2) is 48.8 Å². The van der Waals surface area contributed by atoms with Gasteiger partial charge >= 0.3 is 5.97 Å². The Hall–Kier alpha value is -2.60. The lowest BCUT2D eigenvalue weighted by Gasteiger charge is -2.38. The number of carboxylic acid groups (broad SMARTS) is 1. The van der Waals surface area contributed by atoms with Crippen LogP contribution < -0.4 is 9.47 Å². The van der Waals surface area contributed by atoms with Crippen molar-refractivity contribution in [1.82, 2.24) is 4.90 Å². The fourth-order valence-electron chi connectivity index (χ4n) is 4.30. The molecule has 2 heterocycles. The van der Waals surface area contributed by atoms with Crippen LogP contribution in [-0.2, 0) is 16.6 Å². The van der Waals surface area contributed by atoms with E-state index >= 15 is 0 Å². The number of benzene rings is 2. The Morgan fingerprint density at radius 2 is 2.00 bits per heavy atom. The summed E-state index contributed by atoms with van der Waals surface area (Å²) in [5, 5.41) is 8.87. The summed E-state index contributed by atoms with van der Waals surface area (Å²) in [6, 6.07) is 12.7. The molecule has 2 aliphatic rings. The summed E-state index contributed by atoms with van der Waals surface area (Å²) in [4.78, 5) is 13.0. The van der Waals surface area contributed by atoms with Crippen molar-refractivity contribution >= 4 is 5.97 Å². The van der Waals surface area contributed by atoms with Gasteiger partial charge in [0, 0.05) is 30.0 Å². The molecule has 1 spiro atoms. The minimum absolute atomic E-state index is 0.0146. The molecule has 5 nitrogen and oxygen atoms in total. The fourth-order valence-corrected chi connectivity index (χ4v) is 4.30. The van der Waals surface area contributed by atoms with Crippen molar-refractivity contribution in [1.29, 1.82) is 0 Å². The predicted molar refractivity (Wildman–Crippen MR) is 107 cm³/mol. The highest BCUT2D eigenvalue weighted by Crippen LogP contribution is 2.46. The summed E-state index contributed by atoms with van der Waals surface area (Å²) in [6.45, 7) is 3.44. The topological polar surface area (TPSA) is 59.0 Å². The van der Waals surface area contributed by atoms with Gasteiger partial charge in [0.1, 0.15) is 17.3 Å². The number of carbonyl (C=O) groups is 1. The zero-order valence-corrected chi connectivity index (χ0v) is 16.4. The largest absolute Gasteiger partial charge is 0.493 e. The number of aliphatic carboxylic acids is 1. The molecule has 0 radical (unpaired) electrons. The van der Waals surface area contributed by atoms with Crippen molar-refractivity contribution in [2.24, 2.45) is 0 Å². The highest BCUT2D eigenvalue weighted by atomic mass is 19.1. The highest BCUT2D eigenvalue weighted by molar-refractivity contribution is 5.66. The van der Waals surface area contributed by atoms with E-state index in [9.17, 15) is 9.18 Å². The Morgan fingerprint density at radius 1 is 1.21 bits per heavy atom. The number of likely N-dealkylation sites (tertiary alicyclic amines) is 1. The molecule has 2 aliphatic heterocycles. The van der Waals surface area contributed by atoms with E-state index in [2.05, 4.69) is 11.0 Å². The number of halogens is 1. The van der Waals surface area contributed by atoms with Crippen LogP contribution in [0.3, 0.4) is 0 Å². The molecule has 0 saturated carbocycles. The van der Waals surface area contributed by atoms with Crippen LogP contribution in [0.1, 0.15) is 30.4 Å². The van der Waals surface area contributed by atoms with E-state index in [0.29, 0.717) is 31.7 Å². The lowest BCUT2D eigenvalue weighted by atomic mass is 9.74. The Bertz CT molecular complexity index is 877. The van der Waals surface area contributed by atoms with Crippen LogP contribution in [0.5, 0.6) is 11.5 Å². The Kier molecular flexibility index (Phi) is 5.72. The summed E-state index contributed by atoms with van der Waals surface area (Å²) in [7, 11) is 0. The van der Waals surface area contributed by atoms with E-state index in [0.717, 1.165) is 37.4 Å². The first-order valence-electron chi connectivity index (χ1n) is 10.1. The van der Waals surface area contributed by atoms with Gasteiger partial charge in [-0.05, 0) is 43.6 Å².